The molecule has 0 radical (unpaired) electrons. The standard InChI is InChI=1S/C23H24N4O5/c1-30-18-6-4-5-16(21(18)31-2)20-19-17(24-13-25-19)11-12-27(20)23(29)26-15-9-7-14(8-10-15)22(28)32-3/h4-10,13,20H,11-12H2,1-3H3,(H,24,25)(H,26,29)/t20-/m1/s1. The van der Waals surface area contributed by atoms with Gasteiger partial charge in [-0.15, -0.1) is 0 Å². The predicted molar refractivity (Wildman–Crippen MR) is 117 cm³/mol. The number of hydrogen-bond acceptors (Lipinski definition) is 6. The molecule has 2 amide bonds. The van der Waals surface area contributed by atoms with Gasteiger partial charge in [-0.05, 0) is 30.3 Å². The molecule has 0 spiro atoms. The lowest BCUT2D eigenvalue weighted by molar-refractivity contribution is 0.0600. The maximum absolute atomic E-state index is 13.3. The second-order valence-corrected chi connectivity index (χ2v) is 7.19. The number of carbonyl (C=O) groups excluding carboxylic acids is 2. The summed E-state index contributed by atoms with van der Waals surface area (Å²) in [5, 5.41) is 2.91. The van der Waals surface area contributed by atoms with Crippen LogP contribution < -0.4 is 14.8 Å². The van der Waals surface area contributed by atoms with Crippen molar-refractivity contribution in [2.45, 2.75) is 12.5 Å². The number of anilines is 1. The molecule has 1 atom stereocenters. The van der Waals surface area contributed by atoms with Gasteiger partial charge in [-0.2, -0.15) is 0 Å². The van der Waals surface area contributed by atoms with E-state index in [0.29, 0.717) is 35.7 Å². The number of rotatable bonds is 5. The molecule has 0 fully saturated rings. The normalized spacial score (nSPS) is 15.0. The number of amides is 2. The van der Waals surface area contributed by atoms with E-state index in [-0.39, 0.29) is 6.03 Å². The minimum Gasteiger partial charge on any atom is -0.493 e. The molecular weight excluding hydrogens is 412 g/mol. The van der Waals surface area contributed by atoms with Crippen molar-refractivity contribution in [3.8, 4) is 11.5 Å². The quantitative estimate of drug-likeness (QED) is 0.594. The summed E-state index contributed by atoms with van der Waals surface area (Å²) in [6, 6.07) is 11.3. The number of methoxy groups -OCH3 is 3. The molecule has 2 N–H and O–H groups in total. The second-order valence-electron chi connectivity index (χ2n) is 7.19. The van der Waals surface area contributed by atoms with Gasteiger partial charge in [0, 0.05) is 29.9 Å². The Kier molecular flexibility index (Phi) is 5.98. The van der Waals surface area contributed by atoms with E-state index in [1.165, 1.54) is 7.11 Å². The molecular formula is C23H24N4O5. The predicted octanol–water partition coefficient (Wildman–Crippen LogP) is 3.39. The van der Waals surface area contributed by atoms with Crippen molar-refractivity contribution in [3.63, 3.8) is 0 Å². The molecule has 2 heterocycles. The highest BCUT2D eigenvalue weighted by atomic mass is 16.5. The van der Waals surface area contributed by atoms with Gasteiger partial charge in [-0.25, -0.2) is 14.6 Å². The zero-order valence-electron chi connectivity index (χ0n) is 18.0. The molecule has 0 saturated heterocycles. The van der Waals surface area contributed by atoms with Crippen LogP contribution >= 0.6 is 0 Å². The third-order valence-electron chi connectivity index (χ3n) is 5.47. The average Bonchev–Trinajstić information content (AvgIpc) is 3.31. The van der Waals surface area contributed by atoms with Crippen molar-refractivity contribution < 1.29 is 23.8 Å². The number of para-hydroxylation sites is 1. The molecule has 1 aromatic heterocycles. The summed E-state index contributed by atoms with van der Waals surface area (Å²) < 4.78 is 15.8. The van der Waals surface area contributed by atoms with E-state index in [2.05, 4.69) is 15.3 Å². The SMILES string of the molecule is COC(=O)c1ccc(NC(=O)N2CCc3[nH]cnc3[C@H]2c2cccc(OC)c2OC)cc1. The van der Waals surface area contributed by atoms with E-state index < -0.39 is 12.0 Å². The van der Waals surface area contributed by atoms with Crippen molar-refractivity contribution in [3.05, 3.63) is 71.3 Å². The number of carbonyl (C=O) groups is 2. The molecule has 0 aliphatic carbocycles. The van der Waals surface area contributed by atoms with Crippen molar-refractivity contribution in [1.29, 1.82) is 0 Å². The number of nitrogens with zero attached hydrogens (tertiary/aromatic N) is 2. The first kappa shape index (κ1) is 21.2. The fourth-order valence-corrected chi connectivity index (χ4v) is 3.94. The number of fused-ring (bicyclic) bond motifs is 1. The van der Waals surface area contributed by atoms with Gasteiger partial charge < -0.3 is 29.4 Å². The molecule has 0 bridgehead atoms. The Labute approximate surface area is 185 Å². The van der Waals surface area contributed by atoms with E-state index in [0.717, 1.165) is 17.0 Å². The monoisotopic (exact) mass is 436 g/mol. The van der Waals surface area contributed by atoms with E-state index in [9.17, 15) is 9.59 Å². The van der Waals surface area contributed by atoms with Gasteiger partial charge in [0.05, 0.1) is 38.9 Å². The molecule has 1 aliphatic heterocycles. The van der Waals surface area contributed by atoms with Crippen LogP contribution in [0.15, 0.2) is 48.8 Å². The Morgan fingerprint density at radius 3 is 2.56 bits per heavy atom. The van der Waals surface area contributed by atoms with Crippen LogP contribution in [0, 0.1) is 0 Å². The molecule has 9 heteroatoms. The number of hydrogen-bond donors (Lipinski definition) is 2. The zero-order valence-corrected chi connectivity index (χ0v) is 18.0. The van der Waals surface area contributed by atoms with Gasteiger partial charge >= 0.3 is 12.0 Å². The average molecular weight is 436 g/mol. The number of nitrogens with one attached hydrogen (secondary N) is 2. The Balaban J connectivity index is 1.67. The van der Waals surface area contributed by atoms with E-state index >= 15 is 0 Å². The molecule has 0 saturated carbocycles. The maximum atomic E-state index is 13.3. The molecule has 0 unspecified atom stereocenters. The molecule has 166 valence electrons. The lowest BCUT2D eigenvalue weighted by atomic mass is 9.95. The Hall–Kier alpha value is -4.01. The highest BCUT2D eigenvalue weighted by Gasteiger charge is 2.36. The summed E-state index contributed by atoms with van der Waals surface area (Å²) in [7, 11) is 4.47. The van der Waals surface area contributed by atoms with E-state index in [1.807, 2.05) is 18.2 Å². The lowest BCUT2D eigenvalue weighted by Gasteiger charge is -2.36. The second kappa shape index (κ2) is 9.01. The van der Waals surface area contributed by atoms with E-state index in [4.69, 9.17) is 14.2 Å². The fraction of sp³-hybridized carbons (Fsp3) is 0.261. The van der Waals surface area contributed by atoms with Gasteiger partial charge in [0.15, 0.2) is 11.5 Å². The van der Waals surface area contributed by atoms with Gasteiger partial charge in [-0.3, -0.25) is 0 Å². The summed E-state index contributed by atoms with van der Waals surface area (Å²) >= 11 is 0. The number of aromatic nitrogens is 2. The minimum atomic E-state index is -0.468. The molecule has 2 aromatic carbocycles. The first-order valence-electron chi connectivity index (χ1n) is 10.1. The fourth-order valence-electron chi connectivity index (χ4n) is 3.94. The van der Waals surface area contributed by atoms with Crippen molar-refractivity contribution >= 4 is 17.7 Å². The largest absolute Gasteiger partial charge is 0.493 e. The summed E-state index contributed by atoms with van der Waals surface area (Å²) in [6.07, 6.45) is 2.28. The molecule has 1 aliphatic rings. The number of imidazole rings is 1. The Bertz CT molecular complexity index is 1130. The number of urea groups is 1. The number of H-pyrrole nitrogens is 1. The number of ether oxygens (including phenoxy) is 3. The van der Waals surface area contributed by atoms with Crippen LogP contribution in [0.3, 0.4) is 0 Å². The van der Waals surface area contributed by atoms with Gasteiger partial charge in [0.1, 0.15) is 6.04 Å². The first-order chi connectivity index (χ1) is 15.6. The highest BCUT2D eigenvalue weighted by molar-refractivity contribution is 5.92. The van der Waals surface area contributed by atoms with Crippen LogP contribution in [-0.2, 0) is 11.2 Å². The van der Waals surface area contributed by atoms with Gasteiger partial charge in [-0.1, -0.05) is 12.1 Å². The molecule has 32 heavy (non-hydrogen) atoms. The highest BCUT2D eigenvalue weighted by Crippen LogP contribution is 2.42. The third-order valence-corrected chi connectivity index (χ3v) is 5.47. The van der Waals surface area contributed by atoms with Crippen LogP contribution in [0.5, 0.6) is 11.5 Å². The van der Waals surface area contributed by atoms with Crippen molar-refractivity contribution in [1.82, 2.24) is 14.9 Å². The maximum Gasteiger partial charge on any atom is 0.337 e. The van der Waals surface area contributed by atoms with Crippen molar-refractivity contribution in [2.75, 3.05) is 33.2 Å². The molecule has 4 rings (SSSR count). The van der Waals surface area contributed by atoms with Crippen LogP contribution in [0.25, 0.3) is 0 Å². The first-order valence-corrected chi connectivity index (χ1v) is 10.1. The summed E-state index contributed by atoms with van der Waals surface area (Å²) in [5.74, 6) is 0.692. The van der Waals surface area contributed by atoms with Crippen molar-refractivity contribution in [2.24, 2.45) is 0 Å². The topological polar surface area (TPSA) is 106 Å². The van der Waals surface area contributed by atoms with Crippen LogP contribution in [0.2, 0.25) is 0 Å². The van der Waals surface area contributed by atoms with Crippen LogP contribution in [-0.4, -0.2) is 54.7 Å². The Morgan fingerprint density at radius 2 is 1.88 bits per heavy atom. The summed E-state index contributed by atoms with van der Waals surface area (Å²) in [6.45, 7) is 0.478. The van der Waals surface area contributed by atoms with Gasteiger partial charge in [0.25, 0.3) is 0 Å². The molecule has 3 aromatic rings. The summed E-state index contributed by atoms with van der Waals surface area (Å²) in [4.78, 5) is 34.4. The molecule has 9 nitrogen and oxygen atoms in total. The number of aromatic amines is 1. The number of benzene rings is 2. The summed E-state index contributed by atoms with van der Waals surface area (Å²) in [5.41, 5.74) is 3.48. The lowest BCUT2D eigenvalue weighted by Crippen LogP contribution is -2.43. The zero-order chi connectivity index (χ0) is 22.7. The van der Waals surface area contributed by atoms with E-state index in [1.54, 1.807) is 49.7 Å². The van der Waals surface area contributed by atoms with Crippen LogP contribution in [0.1, 0.15) is 33.4 Å². The minimum absolute atomic E-state index is 0.292. The smallest absolute Gasteiger partial charge is 0.337 e. The number of esters is 1. The van der Waals surface area contributed by atoms with Gasteiger partial charge in [0.2, 0.25) is 0 Å². The third kappa shape index (κ3) is 3.84. The Morgan fingerprint density at radius 1 is 1.09 bits per heavy atom. The van der Waals surface area contributed by atoms with Crippen LogP contribution in [0.4, 0.5) is 10.5 Å².